The number of nitrogens with zero attached hydrogens (tertiary/aromatic N) is 3. The van der Waals surface area contributed by atoms with E-state index in [1.165, 1.54) is 0 Å². The summed E-state index contributed by atoms with van der Waals surface area (Å²) in [5.74, 6) is 1.04. The summed E-state index contributed by atoms with van der Waals surface area (Å²) in [5, 5.41) is 5.44. The van der Waals surface area contributed by atoms with E-state index in [2.05, 4.69) is 27.5 Å². The average Bonchev–Trinajstić information content (AvgIpc) is 2.44. The van der Waals surface area contributed by atoms with Gasteiger partial charge in [-0.05, 0) is 6.42 Å². The number of methoxy groups -OCH3 is 1. The second kappa shape index (κ2) is 6.98. The van der Waals surface area contributed by atoms with Crippen molar-refractivity contribution in [3.8, 4) is 0 Å². The lowest BCUT2D eigenvalue weighted by atomic mass is 10.3. The van der Waals surface area contributed by atoms with Crippen LogP contribution in [-0.2, 0) is 20.9 Å². The van der Waals surface area contributed by atoms with Crippen LogP contribution in [0.1, 0.15) is 19.2 Å². The molecule has 8 heteroatoms. The average molecular weight is 293 g/mol. The first-order valence-corrected chi connectivity index (χ1v) is 6.80. The molecule has 8 nitrogen and oxygen atoms in total. The number of carbonyl (C=O) groups excluding carboxylic acids is 2. The number of piperazine rings is 1. The number of rotatable bonds is 6. The van der Waals surface area contributed by atoms with Gasteiger partial charge in [0.25, 0.3) is 0 Å². The van der Waals surface area contributed by atoms with Crippen molar-refractivity contribution >= 4 is 23.5 Å². The summed E-state index contributed by atoms with van der Waals surface area (Å²) in [6.07, 6.45) is 0.962. The summed E-state index contributed by atoms with van der Waals surface area (Å²) >= 11 is 0. The molecule has 0 aliphatic carbocycles. The molecule has 1 aliphatic heterocycles. The number of hydrogen-bond acceptors (Lipinski definition) is 7. The Bertz CT molecular complexity index is 519. The van der Waals surface area contributed by atoms with Crippen molar-refractivity contribution in [2.75, 3.05) is 37.0 Å². The lowest BCUT2D eigenvalue weighted by Crippen LogP contribution is -2.51. The molecule has 2 rings (SSSR count). The Kier molecular flexibility index (Phi) is 5.04. The van der Waals surface area contributed by atoms with E-state index in [1.54, 1.807) is 18.1 Å². The molecule has 1 fully saturated rings. The molecule has 2 N–H and O–H groups in total. The number of hydrogen-bond donors (Lipinski definition) is 2. The van der Waals surface area contributed by atoms with Crippen LogP contribution in [-0.4, -0.2) is 48.5 Å². The molecule has 1 saturated heterocycles. The quantitative estimate of drug-likeness (QED) is 0.707. The number of amides is 2. The Labute approximate surface area is 122 Å². The first-order chi connectivity index (χ1) is 10.1. The number of ether oxygens (including phenoxy) is 1. The lowest BCUT2D eigenvalue weighted by molar-refractivity contribution is -0.130. The summed E-state index contributed by atoms with van der Waals surface area (Å²) in [6.45, 7) is 3.30. The maximum Gasteiger partial charge on any atom is 0.246 e. The predicted molar refractivity (Wildman–Crippen MR) is 76.9 cm³/mol. The first kappa shape index (κ1) is 15.2. The van der Waals surface area contributed by atoms with Crippen LogP contribution in [0.3, 0.4) is 0 Å². The van der Waals surface area contributed by atoms with Crippen LogP contribution >= 0.6 is 0 Å². The zero-order valence-electron chi connectivity index (χ0n) is 12.2. The van der Waals surface area contributed by atoms with Gasteiger partial charge in [-0.15, -0.1) is 0 Å². The molecule has 0 radical (unpaired) electrons. The van der Waals surface area contributed by atoms with Crippen LogP contribution in [0.4, 0.5) is 11.6 Å². The first-order valence-electron chi connectivity index (χ1n) is 6.80. The predicted octanol–water partition coefficient (Wildman–Crippen LogP) is -0.0923. The van der Waals surface area contributed by atoms with Gasteiger partial charge in [-0.2, -0.15) is 0 Å². The van der Waals surface area contributed by atoms with Gasteiger partial charge in [0.2, 0.25) is 11.8 Å². The molecular weight excluding hydrogens is 274 g/mol. The molecule has 0 unspecified atom stereocenters. The van der Waals surface area contributed by atoms with Crippen LogP contribution in [0.15, 0.2) is 6.07 Å². The van der Waals surface area contributed by atoms with Crippen LogP contribution in [0.2, 0.25) is 0 Å². The van der Waals surface area contributed by atoms with Crippen LogP contribution in [0.25, 0.3) is 0 Å². The number of nitrogens with one attached hydrogen (secondary N) is 2. The summed E-state index contributed by atoms with van der Waals surface area (Å²) < 4.78 is 5.05. The molecule has 0 saturated carbocycles. The zero-order valence-corrected chi connectivity index (χ0v) is 12.2. The minimum absolute atomic E-state index is 0.0996. The SMILES string of the molecule is CCCNc1cc(N2CC(=O)NC(=O)C2)nc(COC)n1. The second-order valence-corrected chi connectivity index (χ2v) is 4.71. The molecule has 1 aliphatic rings. The Balaban J connectivity index is 2.25. The highest BCUT2D eigenvalue weighted by molar-refractivity contribution is 6.02. The van der Waals surface area contributed by atoms with Gasteiger partial charge < -0.3 is 15.0 Å². The van der Waals surface area contributed by atoms with Gasteiger partial charge in [0.05, 0.1) is 13.1 Å². The van der Waals surface area contributed by atoms with E-state index in [0.29, 0.717) is 17.5 Å². The number of anilines is 2. The fourth-order valence-electron chi connectivity index (χ4n) is 1.98. The van der Waals surface area contributed by atoms with Gasteiger partial charge in [-0.3, -0.25) is 14.9 Å². The summed E-state index contributed by atoms with van der Waals surface area (Å²) in [4.78, 5) is 33.2. The molecule has 0 spiro atoms. The van der Waals surface area contributed by atoms with Crippen LogP contribution < -0.4 is 15.5 Å². The summed E-state index contributed by atoms with van der Waals surface area (Å²) in [6, 6.07) is 1.74. The Morgan fingerprint density at radius 1 is 1.33 bits per heavy atom. The van der Waals surface area contributed by atoms with Gasteiger partial charge in [-0.25, -0.2) is 9.97 Å². The monoisotopic (exact) mass is 293 g/mol. The molecule has 0 atom stereocenters. The molecule has 0 aromatic carbocycles. The lowest BCUT2D eigenvalue weighted by Gasteiger charge is -2.26. The maximum absolute atomic E-state index is 11.5. The summed E-state index contributed by atoms with van der Waals surface area (Å²) in [7, 11) is 1.56. The Hall–Kier alpha value is -2.22. The third kappa shape index (κ3) is 4.12. The van der Waals surface area contributed by atoms with E-state index in [9.17, 15) is 9.59 Å². The zero-order chi connectivity index (χ0) is 15.2. The topological polar surface area (TPSA) is 96.5 Å². The van der Waals surface area contributed by atoms with Crippen molar-refractivity contribution in [2.24, 2.45) is 0 Å². The van der Waals surface area contributed by atoms with E-state index < -0.39 is 0 Å². The van der Waals surface area contributed by atoms with Crippen molar-refractivity contribution in [1.82, 2.24) is 15.3 Å². The smallest absolute Gasteiger partial charge is 0.246 e. The second-order valence-electron chi connectivity index (χ2n) is 4.71. The minimum Gasteiger partial charge on any atom is -0.377 e. The van der Waals surface area contributed by atoms with Crippen molar-refractivity contribution in [3.63, 3.8) is 0 Å². The van der Waals surface area contributed by atoms with Gasteiger partial charge >= 0.3 is 0 Å². The van der Waals surface area contributed by atoms with Crippen molar-refractivity contribution in [3.05, 3.63) is 11.9 Å². The molecule has 2 heterocycles. The third-order valence-electron chi connectivity index (χ3n) is 2.86. The molecule has 1 aromatic heterocycles. The molecule has 21 heavy (non-hydrogen) atoms. The van der Waals surface area contributed by atoms with E-state index in [4.69, 9.17) is 4.74 Å². The van der Waals surface area contributed by atoms with Crippen molar-refractivity contribution < 1.29 is 14.3 Å². The van der Waals surface area contributed by atoms with Crippen molar-refractivity contribution in [1.29, 1.82) is 0 Å². The highest BCUT2D eigenvalue weighted by Crippen LogP contribution is 2.17. The minimum atomic E-state index is -0.332. The third-order valence-corrected chi connectivity index (χ3v) is 2.86. The van der Waals surface area contributed by atoms with E-state index in [-0.39, 0.29) is 31.5 Å². The highest BCUT2D eigenvalue weighted by Gasteiger charge is 2.24. The van der Waals surface area contributed by atoms with E-state index >= 15 is 0 Å². The molecule has 114 valence electrons. The summed E-state index contributed by atoms with van der Waals surface area (Å²) in [5.41, 5.74) is 0. The van der Waals surface area contributed by atoms with Crippen LogP contribution in [0.5, 0.6) is 0 Å². The molecule has 1 aromatic rings. The van der Waals surface area contributed by atoms with Gasteiger partial charge in [-0.1, -0.05) is 6.92 Å². The fraction of sp³-hybridized carbons (Fsp3) is 0.538. The van der Waals surface area contributed by atoms with Crippen LogP contribution in [0, 0.1) is 0 Å². The van der Waals surface area contributed by atoms with Gasteiger partial charge in [0.1, 0.15) is 18.2 Å². The maximum atomic E-state index is 11.5. The highest BCUT2D eigenvalue weighted by atomic mass is 16.5. The van der Waals surface area contributed by atoms with Crippen molar-refractivity contribution in [2.45, 2.75) is 20.0 Å². The fourth-order valence-corrected chi connectivity index (χ4v) is 1.98. The largest absolute Gasteiger partial charge is 0.377 e. The standard InChI is InChI=1S/C13H19N5O3/c1-3-4-14-9-5-11(16-10(15-9)8-21-2)18-6-12(19)17-13(20)7-18/h5H,3-4,6-8H2,1-2H3,(H,14,15,16)(H,17,19,20). The Morgan fingerprint density at radius 2 is 2.05 bits per heavy atom. The Morgan fingerprint density at radius 3 is 2.67 bits per heavy atom. The molecule has 0 bridgehead atoms. The van der Waals surface area contributed by atoms with Gasteiger partial charge in [0, 0.05) is 19.7 Å². The number of carbonyl (C=O) groups is 2. The van der Waals surface area contributed by atoms with Gasteiger partial charge in [0.15, 0.2) is 5.82 Å². The molecular formula is C13H19N5O3. The number of aromatic nitrogens is 2. The number of imide groups is 1. The normalized spacial score (nSPS) is 15.0. The molecule has 2 amide bonds. The van der Waals surface area contributed by atoms with E-state index in [0.717, 1.165) is 13.0 Å². The van der Waals surface area contributed by atoms with E-state index in [1.807, 2.05) is 0 Å².